The zero-order chi connectivity index (χ0) is 27.2. The Hall–Kier alpha value is -3.26. The van der Waals surface area contributed by atoms with Gasteiger partial charge in [0.05, 0.1) is 13.7 Å². The van der Waals surface area contributed by atoms with Gasteiger partial charge < -0.3 is 29.0 Å². The summed E-state index contributed by atoms with van der Waals surface area (Å²) in [6.07, 6.45) is 7.60. The Morgan fingerprint density at radius 2 is 1.61 bits per heavy atom. The standard InChI is InChI=1S/C30H41NO7/c1-3-36-28(29(32)33)22-24-11-13-26(14-12-24)37-21-20-31(19-7-10-23-8-5-4-6-9-23)30(34)38-27-17-15-25(35-2)16-18-27/h11-18,23,28H,3-10,19-22H2,1-2H3,(H,32,33). The molecule has 2 aromatic rings. The van der Waals surface area contributed by atoms with Crippen LogP contribution in [-0.2, 0) is 16.0 Å². The summed E-state index contributed by atoms with van der Waals surface area (Å²) in [5.74, 6) is 1.60. The molecule has 1 amide bonds. The molecule has 208 valence electrons. The van der Waals surface area contributed by atoms with E-state index in [-0.39, 0.29) is 6.42 Å². The minimum Gasteiger partial charge on any atom is -0.497 e. The van der Waals surface area contributed by atoms with E-state index in [0.29, 0.717) is 43.6 Å². The monoisotopic (exact) mass is 527 g/mol. The zero-order valence-corrected chi connectivity index (χ0v) is 22.6. The fraction of sp³-hybridized carbons (Fsp3) is 0.533. The highest BCUT2D eigenvalue weighted by atomic mass is 16.6. The van der Waals surface area contributed by atoms with Gasteiger partial charge in [0, 0.05) is 19.6 Å². The molecule has 0 spiro atoms. The van der Waals surface area contributed by atoms with E-state index in [4.69, 9.17) is 18.9 Å². The van der Waals surface area contributed by atoms with Gasteiger partial charge in [-0.05, 0) is 67.6 Å². The molecule has 1 atom stereocenters. The highest BCUT2D eigenvalue weighted by Crippen LogP contribution is 2.27. The highest BCUT2D eigenvalue weighted by Gasteiger charge is 2.20. The summed E-state index contributed by atoms with van der Waals surface area (Å²) in [7, 11) is 1.59. The van der Waals surface area contributed by atoms with Crippen LogP contribution in [0.25, 0.3) is 0 Å². The molecule has 1 unspecified atom stereocenters. The summed E-state index contributed by atoms with van der Waals surface area (Å²) in [4.78, 5) is 26.0. The Kier molecular flexibility index (Phi) is 12.2. The molecule has 1 N–H and O–H groups in total. The summed E-state index contributed by atoms with van der Waals surface area (Å²) in [6, 6.07) is 14.2. The molecule has 1 fully saturated rings. The molecule has 0 saturated heterocycles. The van der Waals surface area contributed by atoms with Gasteiger partial charge in [-0.3, -0.25) is 0 Å². The van der Waals surface area contributed by atoms with E-state index in [1.807, 2.05) is 24.3 Å². The SMILES string of the molecule is CCOC(Cc1ccc(OCCN(CCCC2CCCCC2)C(=O)Oc2ccc(OC)cc2)cc1)C(=O)O. The number of nitrogens with zero attached hydrogens (tertiary/aromatic N) is 1. The predicted octanol–water partition coefficient (Wildman–Crippen LogP) is 5.97. The highest BCUT2D eigenvalue weighted by molar-refractivity contribution is 5.72. The first-order valence-corrected chi connectivity index (χ1v) is 13.7. The van der Waals surface area contributed by atoms with E-state index < -0.39 is 18.2 Å². The van der Waals surface area contributed by atoms with Crippen LogP contribution in [0.5, 0.6) is 17.2 Å². The van der Waals surface area contributed by atoms with Crippen LogP contribution in [0.3, 0.4) is 0 Å². The van der Waals surface area contributed by atoms with Gasteiger partial charge in [0.25, 0.3) is 0 Å². The van der Waals surface area contributed by atoms with Crippen LogP contribution in [0, 0.1) is 5.92 Å². The lowest BCUT2D eigenvalue weighted by Gasteiger charge is -2.25. The van der Waals surface area contributed by atoms with E-state index in [2.05, 4.69) is 0 Å². The number of hydrogen-bond donors (Lipinski definition) is 1. The Morgan fingerprint density at radius 1 is 0.947 bits per heavy atom. The average Bonchev–Trinajstić information content (AvgIpc) is 2.93. The van der Waals surface area contributed by atoms with Crippen LogP contribution < -0.4 is 14.2 Å². The van der Waals surface area contributed by atoms with Crippen molar-refractivity contribution in [2.45, 2.75) is 64.4 Å². The second-order valence-electron chi connectivity index (χ2n) is 9.66. The molecule has 0 radical (unpaired) electrons. The number of methoxy groups -OCH3 is 1. The lowest BCUT2D eigenvalue weighted by Crippen LogP contribution is -2.37. The summed E-state index contributed by atoms with van der Waals surface area (Å²) in [6.45, 7) is 3.45. The number of carboxylic acids is 1. The number of amides is 1. The third-order valence-electron chi connectivity index (χ3n) is 6.91. The number of aliphatic carboxylic acids is 1. The first-order valence-electron chi connectivity index (χ1n) is 13.7. The molecule has 1 aliphatic carbocycles. The maximum absolute atomic E-state index is 13.0. The lowest BCUT2D eigenvalue weighted by atomic mass is 9.86. The van der Waals surface area contributed by atoms with E-state index in [9.17, 15) is 14.7 Å². The zero-order valence-electron chi connectivity index (χ0n) is 22.6. The fourth-order valence-corrected chi connectivity index (χ4v) is 4.78. The molecule has 1 saturated carbocycles. The molecule has 2 aromatic carbocycles. The van der Waals surface area contributed by atoms with Gasteiger partial charge in [-0.25, -0.2) is 9.59 Å². The van der Waals surface area contributed by atoms with Gasteiger partial charge in [-0.15, -0.1) is 0 Å². The molecule has 1 aliphatic rings. The van der Waals surface area contributed by atoms with Crippen LogP contribution in [0.15, 0.2) is 48.5 Å². The average molecular weight is 528 g/mol. The van der Waals surface area contributed by atoms with Gasteiger partial charge in [0.2, 0.25) is 0 Å². The van der Waals surface area contributed by atoms with Gasteiger partial charge >= 0.3 is 12.1 Å². The second-order valence-corrected chi connectivity index (χ2v) is 9.66. The van der Waals surface area contributed by atoms with Crippen LogP contribution in [0.1, 0.15) is 57.4 Å². The van der Waals surface area contributed by atoms with Gasteiger partial charge in [-0.1, -0.05) is 44.2 Å². The van der Waals surface area contributed by atoms with Crippen molar-refractivity contribution in [2.75, 3.05) is 33.4 Å². The number of carbonyl (C=O) groups is 2. The Balaban J connectivity index is 1.53. The molecular weight excluding hydrogens is 486 g/mol. The maximum Gasteiger partial charge on any atom is 0.415 e. The van der Waals surface area contributed by atoms with Gasteiger partial charge in [0.15, 0.2) is 6.10 Å². The van der Waals surface area contributed by atoms with Crippen molar-refractivity contribution in [3.8, 4) is 17.2 Å². The van der Waals surface area contributed by atoms with Crippen LogP contribution >= 0.6 is 0 Å². The molecule has 0 aromatic heterocycles. The number of hydrogen-bond acceptors (Lipinski definition) is 6. The number of carbonyl (C=O) groups excluding carboxylic acids is 1. The van der Waals surface area contributed by atoms with Crippen LogP contribution in [-0.4, -0.2) is 61.6 Å². The third-order valence-corrected chi connectivity index (χ3v) is 6.91. The van der Waals surface area contributed by atoms with E-state index >= 15 is 0 Å². The third kappa shape index (κ3) is 9.89. The largest absolute Gasteiger partial charge is 0.497 e. The first kappa shape index (κ1) is 29.3. The summed E-state index contributed by atoms with van der Waals surface area (Å²) in [5, 5.41) is 9.29. The molecule has 8 nitrogen and oxygen atoms in total. The minimum atomic E-state index is -0.975. The summed E-state index contributed by atoms with van der Waals surface area (Å²) >= 11 is 0. The predicted molar refractivity (Wildman–Crippen MR) is 145 cm³/mol. The van der Waals surface area contributed by atoms with Crippen LogP contribution in [0.4, 0.5) is 4.79 Å². The Morgan fingerprint density at radius 3 is 2.24 bits per heavy atom. The molecule has 0 bridgehead atoms. The van der Waals surface area contributed by atoms with Crippen molar-refractivity contribution >= 4 is 12.1 Å². The fourth-order valence-electron chi connectivity index (χ4n) is 4.78. The molecule has 0 heterocycles. The van der Waals surface area contributed by atoms with E-state index in [1.54, 1.807) is 43.2 Å². The molecule has 3 rings (SSSR count). The molecular formula is C30H41NO7. The molecule has 8 heteroatoms. The smallest absolute Gasteiger partial charge is 0.415 e. The van der Waals surface area contributed by atoms with Crippen molar-refractivity contribution in [3.05, 3.63) is 54.1 Å². The van der Waals surface area contributed by atoms with Gasteiger partial charge in [-0.2, -0.15) is 0 Å². The molecule has 38 heavy (non-hydrogen) atoms. The van der Waals surface area contributed by atoms with E-state index in [0.717, 1.165) is 24.3 Å². The van der Waals surface area contributed by atoms with Crippen molar-refractivity contribution in [1.82, 2.24) is 4.90 Å². The maximum atomic E-state index is 13.0. The summed E-state index contributed by atoms with van der Waals surface area (Å²) in [5.41, 5.74) is 0.852. The Labute approximate surface area is 225 Å². The van der Waals surface area contributed by atoms with Gasteiger partial charge in [0.1, 0.15) is 23.9 Å². The quantitative estimate of drug-likeness (QED) is 0.305. The van der Waals surface area contributed by atoms with E-state index in [1.165, 1.54) is 32.1 Å². The number of rotatable bonds is 15. The molecule has 0 aliphatic heterocycles. The van der Waals surface area contributed by atoms with Crippen LogP contribution in [0.2, 0.25) is 0 Å². The minimum absolute atomic E-state index is 0.287. The first-order chi connectivity index (χ1) is 18.5. The van der Waals surface area contributed by atoms with Crippen molar-refractivity contribution in [1.29, 1.82) is 0 Å². The second kappa shape index (κ2) is 15.9. The van der Waals surface area contributed by atoms with Crippen molar-refractivity contribution in [3.63, 3.8) is 0 Å². The lowest BCUT2D eigenvalue weighted by molar-refractivity contribution is -0.149. The number of carboxylic acid groups (broad SMARTS) is 1. The van der Waals surface area contributed by atoms with Crippen molar-refractivity contribution in [2.24, 2.45) is 5.92 Å². The topological polar surface area (TPSA) is 94.5 Å². The number of ether oxygens (including phenoxy) is 4. The Bertz CT molecular complexity index is 971. The normalized spacial score (nSPS) is 14.5. The van der Waals surface area contributed by atoms with Crippen molar-refractivity contribution < 1.29 is 33.6 Å². The number of benzene rings is 2. The summed E-state index contributed by atoms with van der Waals surface area (Å²) < 4.78 is 22.0.